The first-order valence-corrected chi connectivity index (χ1v) is 4.24. The topological polar surface area (TPSA) is 41.6 Å². The summed E-state index contributed by atoms with van der Waals surface area (Å²) in [4.78, 5) is 4.98. The normalized spacial score (nSPS) is 10.3. The van der Waals surface area contributed by atoms with Crippen LogP contribution in [0.25, 0.3) is 10.7 Å². The minimum Gasteiger partial charge on any atom is -0.249 e. The van der Waals surface area contributed by atoms with Crippen LogP contribution in [-0.2, 0) is 0 Å². The highest BCUT2D eigenvalue weighted by atomic mass is 35.5. The van der Waals surface area contributed by atoms with E-state index in [1.807, 2.05) is 17.5 Å². The molecule has 5 heteroatoms. The fraction of sp³-hybridized carbons (Fsp3) is 0. The van der Waals surface area contributed by atoms with Crippen molar-refractivity contribution >= 4 is 22.9 Å². The Morgan fingerprint density at radius 2 is 2.45 bits per heavy atom. The fourth-order valence-electron chi connectivity index (χ4n) is 0.758. The SMILES string of the molecule is Clc1nc(-c2cccs2)n[nH]1. The van der Waals surface area contributed by atoms with Crippen molar-refractivity contribution in [3.63, 3.8) is 0 Å². The van der Waals surface area contributed by atoms with E-state index in [1.54, 1.807) is 11.3 Å². The Balaban J connectivity index is 2.45. The minimum atomic E-state index is 0.327. The first-order chi connectivity index (χ1) is 5.36. The van der Waals surface area contributed by atoms with E-state index in [-0.39, 0.29) is 0 Å². The Bertz CT molecular complexity index is 340. The van der Waals surface area contributed by atoms with Crippen molar-refractivity contribution < 1.29 is 0 Å². The van der Waals surface area contributed by atoms with Gasteiger partial charge in [-0.25, -0.2) is 5.10 Å². The molecule has 0 saturated heterocycles. The number of rotatable bonds is 1. The van der Waals surface area contributed by atoms with Crippen LogP contribution in [0.15, 0.2) is 17.5 Å². The van der Waals surface area contributed by atoms with E-state index >= 15 is 0 Å². The van der Waals surface area contributed by atoms with E-state index in [9.17, 15) is 0 Å². The molecule has 0 aliphatic heterocycles. The van der Waals surface area contributed by atoms with Gasteiger partial charge in [0.25, 0.3) is 0 Å². The van der Waals surface area contributed by atoms with Gasteiger partial charge in [0, 0.05) is 0 Å². The Hall–Kier alpha value is -0.870. The Morgan fingerprint density at radius 1 is 1.55 bits per heavy atom. The number of thiophene rings is 1. The van der Waals surface area contributed by atoms with Crippen molar-refractivity contribution in [2.45, 2.75) is 0 Å². The Kier molecular flexibility index (Phi) is 1.63. The van der Waals surface area contributed by atoms with Crippen LogP contribution < -0.4 is 0 Å². The zero-order chi connectivity index (χ0) is 7.68. The van der Waals surface area contributed by atoms with E-state index in [0.717, 1.165) is 4.88 Å². The molecular weight excluding hydrogens is 182 g/mol. The third-order valence-electron chi connectivity index (χ3n) is 1.20. The van der Waals surface area contributed by atoms with Gasteiger partial charge in [-0.15, -0.1) is 11.3 Å². The quantitative estimate of drug-likeness (QED) is 0.740. The molecule has 2 rings (SSSR count). The summed E-state index contributed by atoms with van der Waals surface area (Å²) in [6.07, 6.45) is 0. The second-order valence-corrected chi connectivity index (χ2v) is 3.23. The average molecular weight is 186 g/mol. The molecule has 3 nitrogen and oxygen atoms in total. The molecular formula is C6H4ClN3S. The highest BCUT2D eigenvalue weighted by Crippen LogP contribution is 2.20. The summed E-state index contributed by atoms with van der Waals surface area (Å²) in [5.41, 5.74) is 0. The van der Waals surface area contributed by atoms with Gasteiger partial charge in [0.05, 0.1) is 4.88 Å². The number of aromatic amines is 1. The van der Waals surface area contributed by atoms with Gasteiger partial charge in [0.2, 0.25) is 5.28 Å². The highest BCUT2D eigenvalue weighted by molar-refractivity contribution is 7.13. The van der Waals surface area contributed by atoms with Crippen LogP contribution in [0.1, 0.15) is 0 Å². The number of H-pyrrole nitrogens is 1. The molecule has 0 aromatic carbocycles. The van der Waals surface area contributed by atoms with Crippen LogP contribution in [0.5, 0.6) is 0 Å². The Labute approximate surface area is 72.0 Å². The largest absolute Gasteiger partial charge is 0.249 e. The van der Waals surface area contributed by atoms with Crippen molar-refractivity contribution in [3.05, 3.63) is 22.8 Å². The van der Waals surface area contributed by atoms with Crippen LogP contribution in [0.2, 0.25) is 5.28 Å². The molecule has 0 atom stereocenters. The molecule has 2 heterocycles. The van der Waals surface area contributed by atoms with Gasteiger partial charge in [-0.05, 0) is 23.0 Å². The van der Waals surface area contributed by atoms with E-state index in [0.29, 0.717) is 11.1 Å². The molecule has 0 amide bonds. The van der Waals surface area contributed by atoms with E-state index < -0.39 is 0 Å². The summed E-state index contributed by atoms with van der Waals surface area (Å²) in [5, 5.41) is 8.77. The van der Waals surface area contributed by atoms with Crippen molar-refractivity contribution in [3.8, 4) is 10.7 Å². The molecule has 0 aliphatic rings. The van der Waals surface area contributed by atoms with Crippen molar-refractivity contribution in [1.82, 2.24) is 15.2 Å². The van der Waals surface area contributed by atoms with Crippen molar-refractivity contribution in [2.24, 2.45) is 0 Å². The average Bonchev–Trinajstić information content (AvgIpc) is 2.55. The number of hydrogen-bond donors (Lipinski definition) is 1. The molecule has 0 radical (unpaired) electrons. The highest BCUT2D eigenvalue weighted by Gasteiger charge is 2.03. The summed E-state index contributed by atoms with van der Waals surface area (Å²) >= 11 is 7.14. The minimum absolute atomic E-state index is 0.327. The van der Waals surface area contributed by atoms with E-state index in [1.165, 1.54) is 0 Å². The predicted molar refractivity (Wildman–Crippen MR) is 44.7 cm³/mol. The van der Waals surface area contributed by atoms with Crippen LogP contribution in [-0.4, -0.2) is 15.2 Å². The lowest BCUT2D eigenvalue weighted by Gasteiger charge is -1.81. The summed E-state index contributed by atoms with van der Waals surface area (Å²) < 4.78 is 0. The summed E-state index contributed by atoms with van der Waals surface area (Å²) in [6.45, 7) is 0. The van der Waals surface area contributed by atoms with Crippen molar-refractivity contribution in [2.75, 3.05) is 0 Å². The third-order valence-corrected chi connectivity index (χ3v) is 2.23. The number of nitrogens with zero attached hydrogens (tertiary/aromatic N) is 2. The fourth-order valence-corrected chi connectivity index (χ4v) is 1.54. The van der Waals surface area contributed by atoms with Crippen LogP contribution in [0, 0.1) is 0 Å². The summed E-state index contributed by atoms with van der Waals surface area (Å²) in [5.74, 6) is 0.657. The summed E-state index contributed by atoms with van der Waals surface area (Å²) in [6, 6.07) is 3.90. The lowest BCUT2D eigenvalue weighted by Crippen LogP contribution is -1.72. The van der Waals surface area contributed by atoms with Crippen LogP contribution in [0.4, 0.5) is 0 Å². The number of nitrogens with one attached hydrogen (secondary N) is 1. The smallest absolute Gasteiger partial charge is 0.218 e. The van der Waals surface area contributed by atoms with Crippen molar-refractivity contribution in [1.29, 1.82) is 0 Å². The maximum absolute atomic E-state index is 5.55. The van der Waals surface area contributed by atoms with Gasteiger partial charge < -0.3 is 0 Å². The zero-order valence-electron chi connectivity index (χ0n) is 5.41. The molecule has 0 spiro atoms. The van der Waals surface area contributed by atoms with Gasteiger partial charge in [-0.1, -0.05) is 6.07 Å². The molecule has 0 aliphatic carbocycles. The lowest BCUT2D eigenvalue weighted by molar-refractivity contribution is 1.10. The molecule has 0 fully saturated rings. The van der Waals surface area contributed by atoms with Gasteiger partial charge in [-0.3, -0.25) is 0 Å². The maximum atomic E-state index is 5.55. The van der Waals surface area contributed by atoms with Crippen LogP contribution >= 0.6 is 22.9 Å². The molecule has 2 aromatic rings. The molecule has 0 saturated carbocycles. The number of halogens is 1. The van der Waals surface area contributed by atoms with Crippen LogP contribution in [0.3, 0.4) is 0 Å². The molecule has 0 bridgehead atoms. The van der Waals surface area contributed by atoms with Gasteiger partial charge in [-0.2, -0.15) is 10.1 Å². The molecule has 11 heavy (non-hydrogen) atoms. The molecule has 2 aromatic heterocycles. The van der Waals surface area contributed by atoms with E-state index in [4.69, 9.17) is 11.6 Å². The van der Waals surface area contributed by atoms with Gasteiger partial charge in [0.1, 0.15) is 0 Å². The molecule has 1 N–H and O–H groups in total. The second-order valence-electron chi connectivity index (χ2n) is 1.93. The first kappa shape index (κ1) is 6.82. The monoisotopic (exact) mass is 185 g/mol. The lowest BCUT2D eigenvalue weighted by atomic mass is 10.4. The number of hydrogen-bond acceptors (Lipinski definition) is 3. The maximum Gasteiger partial charge on any atom is 0.218 e. The molecule has 56 valence electrons. The molecule has 0 unspecified atom stereocenters. The third kappa shape index (κ3) is 1.27. The predicted octanol–water partition coefficient (Wildman–Crippen LogP) is 2.19. The first-order valence-electron chi connectivity index (χ1n) is 2.98. The number of aromatic nitrogens is 3. The Morgan fingerprint density at radius 3 is 3.00 bits per heavy atom. The van der Waals surface area contributed by atoms with Gasteiger partial charge >= 0.3 is 0 Å². The summed E-state index contributed by atoms with van der Waals surface area (Å²) in [7, 11) is 0. The zero-order valence-corrected chi connectivity index (χ0v) is 6.99. The standard InChI is InChI=1S/C6H4ClN3S/c7-6-8-5(9-10-6)4-2-1-3-11-4/h1-3H,(H,8,9,10). The second kappa shape index (κ2) is 2.64. The van der Waals surface area contributed by atoms with E-state index in [2.05, 4.69) is 15.2 Å². The van der Waals surface area contributed by atoms with Gasteiger partial charge in [0.15, 0.2) is 5.82 Å².